The Morgan fingerprint density at radius 2 is 2.00 bits per heavy atom. The quantitative estimate of drug-likeness (QED) is 0.914. The van der Waals surface area contributed by atoms with E-state index in [0.717, 1.165) is 10.0 Å². The highest BCUT2D eigenvalue weighted by atomic mass is 79.9. The van der Waals surface area contributed by atoms with Crippen molar-refractivity contribution in [3.8, 4) is 0 Å². The third-order valence-corrected chi connectivity index (χ3v) is 3.86. The van der Waals surface area contributed by atoms with E-state index in [-0.39, 0.29) is 5.75 Å². The van der Waals surface area contributed by atoms with E-state index < -0.39 is 10.0 Å². The van der Waals surface area contributed by atoms with Crippen LogP contribution in [-0.4, -0.2) is 15.0 Å². The maximum absolute atomic E-state index is 11.4. The summed E-state index contributed by atoms with van der Waals surface area (Å²) in [6.45, 7) is 2.18. The van der Waals surface area contributed by atoms with Gasteiger partial charge in [-0.2, -0.15) is 0 Å². The molecule has 0 fully saturated rings. The van der Waals surface area contributed by atoms with Gasteiger partial charge in [0.25, 0.3) is 0 Å². The normalized spacial score (nSPS) is 11.6. The summed E-state index contributed by atoms with van der Waals surface area (Å²) < 4.78 is 26.1. The fourth-order valence-corrected chi connectivity index (χ4v) is 2.90. The second kappa shape index (κ2) is 4.91. The molecule has 0 aromatic heterocycles. The van der Waals surface area contributed by atoms with Crippen LogP contribution in [0.2, 0.25) is 0 Å². The van der Waals surface area contributed by atoms with E-state index >= 15 is 0 Å². The Balaban J connectivity index is 2.84. The number of halogens is 1. The number of nitrogens with one attached hydrogen (secondary N) is 1. The van der Waals surface area contributed by atoms with Crippen LogP contribution < -0.4 is 4.72 Å². The standard InChI is InChI=1S/C9H12BrNO2S/c1-2-11-14(12,13)7-8-5-3-4-6-9(8)10/h3-6,11H,2,7H2,1H3. The maximum Gasteiger partial charge on any atom is 0.215 e. The Kier molecular flexibility index (Phi) is 4.10. The zero-order chi connectivity index (χ0) is 10.6. The predicted molar refractivity (Wildman–Crippen MR) is 60.4 cm³/mol. The van der Waals surface area contributed by atoms with Gasteiger partial charge in [0.1, 0.15) is 0 Å². The highest BCUT2D eigenvalue weighted by molar-refractivity contribution is 9.10. The van der Waals surface area contributed by atoms with Gasteiger partial charge < -0.3 is 0 Å². The van der Waals surface area contributed by atoms with E-state index in [0.29, 0.717) is 6.54 Å². The number of rotatable bonds is 4. The molecule has 0 unspecified atom stereocenters. The topological polar surface area (TPSA) is 46.2 Å². The molecule has 0 aliphatic carbocycles. The number of hydrogen-bond donors (Lipinski definition) is 1. The summed E-state index contributed by atoms with van der Waals surface area (Å²) in [7, 11) is -3.19. The fraction of sp³-hybridized carbons (Fsp3) is 0.333. The average molecular weight is 278 g/mol. The van der Waals surface area contributed by atoms with Crippen molar-refractivity contribution in [1.82, 2.24) is 4.72 Å². The summed E-state index contributed by atoms with van der Waals surface area (Å²) in [5.74, 6) is 0.0161. The first kappa shape index (κ1) is 11.7. The molecule has 3 nitrogen and oxygen atoms in total. The molecular formula is C9H12BrNO2S. The minimum Gasteiger partial charge on any atom is -0.215 e. The van der Waals surface area contributed by atoms with E-state index in [1.807, 2.05) is 18.2 Å². The summed E-state index contributed by atoms with van der Waals surface area (Å²) in [5, 5.41) is 0. The SMILES string of the molecule is CCNS(=O)(=O)Cc1ccccc1Br. The summed E-state index contributed by atoms with van der Waals surface area (Å²) in [6, 6.07) is 7.30. The Bertz CT molecular complexity index is 403. The summed E-state index contributed by atoms with van der Waals surface area (Å²) in [6.07, 6.45) is 0. The van der Waals surface area contributed by atoms with Crippen molar-refractivity contribution in [2.24, 2.45) is 0 Å². The molecule has 0 amide bonds. The lowest BCUT2D eigenvalue weighted by Crippen LogP contribution is -2.24. The lowest BCUT2D eigenvalue weighted by atomic mass is 10.2. The summed E-state index contributed by atoms with van der Waals surface area (Å²) in [4.78, 5) is 0. The van der Waals surface area contributed by atoms with E-state index in [1.54, 1.807) is 13.0 Å². The molecule has 0 atom stereocenters. The van der Waals surface area contributed by atoms with E-state index in [1.165, 1.54) is 0 Å². The van der Waals surface area contributed by atoms with Crippen LogP contribution in [0, 0.1) is 0 Å². The van der Waals surface area contributed by atoms with Crippen LogP contribution in [-0.2, 0) is 15.8 Å². The lowest BCUT2D eigenvalue weighted by molar-refractivity contribution is 0.583. The first-order valence-corrected chi connectivity index (χ1v) is 6.70. The molecule has 5 heteroatoms. The van der Waals surface area contributed by atoms with Gasteiger partial charge in [0.15, 0.2) is 0 Å². The number of hydrogen-bond acceptors (Lipinski definition) is 2. The first-order chi connectivity index (χ1) is 6.55. The molecule has 1 rings (SSSR count). The second-order valence-corrected chi connectivity index (χ2v) is 5.51. The molecule has 0 saturated carbocycles. The van der Waals surface area contributed by atoms with Gasteiger partial charge in [-0.3, -0.25) is 0 Å². The van der Waals surface area contributed by atoms with Crippen molar-refractivity contribution in [3.05, 3.63) is 34.3 Å². The molecule has 0 aliphatic heterocycles. The summed E-state index contributed by atoms with van der Waals surface area (Å²) in [5.41, 5.74) is 0.772. The molecule has 0 saturated heterocycles. The molecule has 0 heterocycles. The van der Waals surface area contributed by atoms with Gasteiger partial charge in [-0.05, 0) is 11.6 Å². The van der Waals surface area contributed by atoms with Crippen LogP contribution in [0.4, 0.5) is 0 Å². The Hall–Kier alpha value is -0.390. The smallest absolute Gasteiger partial charge is 0.215 e. The molecule has 1 N–H and O–H groups in total. The maximum atomic E-state index is 11.4. The van der Waals surface area contributed by atoms with E-state index in [4.69, 9.17) is 0 Å². The molecule has 0 aliphatic rings. The molecule has 0 radical (unpaired) electrons. The van der Waals surface area contributed by atoms with Crippen molar-refractivity contribution in [2.75, 3.05) is 6.54 Å². The van der Waals surface area contributed by atoms with Crippen LogP contribution >= 0.6 is 15.9 Å². The Morgan fingerprint density at radius 1 is 1.36 bits per heavy atom. The number of benzene rings is 1. The van der Waals surface area contributed by atoms with Crippen molar-refractivity contribution in [2.45, 2.75) is 12.7 Å². The van der Waals surface area contributed by atoms with Gasteiger partial charge in [-0.15, -0.1) is 0 Å². The van der Waals surface area contributed by atoms with Gasteiger partial charge >= 0.3 is 0 Å². The zero-order valence-electron chi connectivity index (χ0n) is 7.83. The Morgan fingerprint density at radius 3 is 2.57 bits per heavy atom. The van der Waals surface area contributed by atoms with Crippen LogP contribution in [0.15, 0.2) is 28.7 Å². The van der Waals surface area contributed by atoms with E-state index in [2.05, 4.69) is 20.7 Å². The van der Waals surface area contributed by atoms with Gasteiger partial charge in [0.2, 0.25) is 10.0 Å². The molecule has 0 bridgehead atoms. The largest absolute Gasteiger partial charge is 0.215 e. The predicted octanol–water partition coefficient (Wildman–Crippen LogP) is 1.89. The second-order valence-electron chi connectivity index (χ2n) is 2.85. The van der Waals surface area contributed by atoms with Crippen molar-refractivity contribution < 1.29 is 8.42 Å². The van der Waals surface area contributed by atoms with Gasteiger partial charge in [0, 0.05) is 11.0 Å². The first-order valence-electron chi connectivity index (χ1n) is 4.26. The average Bonchev–Trinajstić information content (AvgIpc) is 2.08. The monoisotopic (exact) mass is 277 g/mol. The molecule has 78 valence electrons. The molecule has 1 aromatic rings. The zero-order valence-corrected chi connectivity index (χ0v) is 10.2. The van der Waals surface area contributed by atoms with Crippen LogP contribution in [0.25, 0.3) is 0 Å². The van der Waals surface area contributed by atoms with Gasteiger partial charge in [-0.25, -0.2) is 13.1 Å². The summed E-state index contributed by atoms with van der Waals surface area (Å²) >= 11 is 3.31. The highest BCUT2D eigenvalue weighted by Gasteiger charge is 2.11. The molecule has 1 aromatic carbocycles. The minimum atomic E-state index is -3.19. The van der Waals surface area contributed by atoms with Crippen molar-refractivity contribution in [3.63, 3.8) is 0 Å². The minimum absolute atomic E-state index is 0.0161. The lowest BCUT2D eigenvalue weighted by Gasteiger charge is -2.05. The number of sulfonamides is 1. The highest BCUT2D eigenvalue weighted by Crippen LogP contribution is 2.17. The molecule has 14 heavy (non-hydrogen) atoms. The third kappa shape index (κ3) is 3.40. The van der Waals surface area contributed by atoms with Crippen LogP contribution in [0.1, 0.15) is 12.5 Å². The van der Waals surface area contributed by atoms with Gasteiger partial charge in [0.05, 0.1) is 5.75 Å². The van der Waals surface area contributed by atoms with Crippen LogP contribution in [0.5, 0.6) is 0 Å². The van der Waals surface area contributed by atoms with Crippen molar-refractivity contribution in [1.29, 1.82) is 0 Å². The van der Waals surface area contributed by atoms with Crippen molar-refractivity contribution >= 4 is 26.0 Å². The third-order valence-electron chi connectivity index (χ3n) is 1.67. The van der Waals surface area contributed by atoms with E-state index in [9.17, 15) is 8.42 Å². The van der Waals surface area contributed by atoms with Gasteiger partial charge in [-0.1, -0.05) is 41.1 Å². The van der Waals surface area contributed by atoms with Crippen LogP contribution in [0.3, 0.4) is 0 Å². The molecular weight excluding hydrogens is 266 g/mol. The molecule has 0 spiro atoms. The fourth-order valence-electron chi connectivity index (χ4n) is 1.09. The Labute approximate surface area is 92.7 Å².